The van der Waals surface area contributed by atoms with Gasteiger partial charge in [-0.15, -0.1) is 0 Å². The van der Waals surface area contributed by atoms with Crippen LogP contribution in [0.4, 0.5) is 0 Å². The Bertz CT molecular complexity index is 777. The molecule has 0 bridgehead atoms. The van der Waals surface area contributed by atoms with Crippen molar-refractivity contribution in [2.75, 3.05) is 27.3 Å². The third kappa shape index (κ3) is 6.07. The Labute approximate surface area is 158 Å². The summed E-state index contributed by atoms with van der Waals surface area (Å²) in [5, 5.41) is 29.2. The summed E-state index contributed by atoms with van der Waals surface area (Å²) in [4.78, 5) is 12.9. The molecule has 2 aromatic rings. The molecule has 0 amide bonds. The lowest BCUT2D eigenvalue weighted by Gasteiger charge is -2.21. The van der Waals surface area contributed by atoms with Crippen LogP contribution in [0.15, 0.2) is 36.4 Å². The molecular formula is C20H25NO6. The number of phenols is 2. The van der Waals surface area contributed by atoms with Crippen LogP contribution in [0.25, 0.3) is 0 Å². The fourth-order valence-electron chi connectivity index (χ4n) is 2.84. The largest absolute Gasteiger partial charge is 0.508 e. The van der Waals surface area contributed by atoms with Crippen LogP contribution in [0.2, 0.25) is 0 Å². The van der Waals surface area contributed by atoms with Gasteiger partial charge < -0.3 is 24.8 Å². The second kappa shape index (κ2) is 9.68. The van der Waals surface area contributed by atoms with E-state index in [2.05, 4.69) is 0 Å². The lowest BCUT2D eigenvalue weighted by molar-refractivity contribution is -0.138. The van der Waals surface area contributed by atoms with Crippen LogP contribution in [-0.4, -0.2) is 53.5 Å². The quantitative estimate of drug-likeness (QED) is 0.587. The summed E-state index contributed by atoms with van der Waals surface area (Å²) >= 11 is 0. The number of aryl methyl sites for hydroxylation is 1. The van der Waals surface area contributed by atoms with Gasteiger partial charge in [0.25, 0.3) is 0 Å². The molecule has 2 rings (SSSR count). The maximum atomic E-state index is 11.2. The van der Waals surface area contributed by atoms with Gasteiger partial charge in [-0.05, 0) is 61.3 Å². The van der Waals surface area contributed by atoms with Gasteiger partial charge in [0.2, 0.25) is 0 Å². The summed E-state index contributed by atoms with van der Waals surface area (Å²) < 4.78 is 10.3. The van der Waals surface area contributed by atoms with Gasteiger partial charge in [-0.25, -0.2) is 0 Å². The molecular weight excluding hydrogens is 350 g/mol. The Morgan fingerprint density at radius 1 is 0.963 bits per heavy atom. The number of hydrogen-bond acceptors (Lipinski definition) is 6. The van der Waals surface area contributed by atoms with Gasteiger partial charge in [-0.2, -0.15) is 0 Å². The predicted octanol–water partition coefficient (Wildman–Crippen LogP) is 2.63. The smallest absolute Gasteiger partial charge is 0.317 e. The third-order valence-corrected chi connectivity index (χ3v) is 4.25. The first-order chi connectivity index (χ1) is 12.9. The predicted molar refractivity (Wildman–Crippen MR) is 101 cm³/mol. The number of nitrogens with zero attached hydrogens (tertiary/aromatic N) is 1. The normalized spacial score (nSPS) is 10.8. The van der Waals surface area contributed by atoms with Gasteiger partial charge in [-0.1, -0.05) is 0 Å². The van der Waals surface area contributed by atoms with Gasteiger partial charge in [0.15, 0.2) is 0 Å². The number of ether oxygens (including phenoxy) is 2. The Balaban J connectivity index is 2.03. The number of phenolic OH excluding ortho intramolecular Hbond substituents is 2. The molecule has 7 heteroatoms. The van der Waals surface area contributed by atoms with Crippen LogP contribution >= 0.6 is 0 Å². The second-order valence-electron chi connectivity index (χ2n) is 6.20. The highest BCUT2D eigenvalue weighted by atomic mass is 16.5. The Morgan fingerprint density at radius 3 is 2.07 bits per heavy atom. The van der Waals surface area contributed by atoms with E-state index in [9.17, 15) is 20.1 Å². The molecule has 0 saturated heterocycles. The number of carboxylic acids is 1. The van der Waals surface area contributed by atoms with E-state index in [1.165, 1.54) is 13.2 Å². The van der Waals surface area contributed by atoms with E-state index in [1.54, 1.807) is 42.3 Å². The maximum absolute atomic E-state index is 11.2. The Kier molecular flexibility index (Phi) is 7.31. The maximum Gasteiger partial charge on any atom is 0.317 e. The van der Waals surface area contributed by atoms with Crippen molar-refractivity contribution in [3.8, 4) is 23.0 Å². The standard InChI is InChI=1S/C20H25NO6/c1-26-16-5-7-18(22)14(10-16)4-3-9-21(13-20(24)25)12-15-11-17(27-2)6-8-19(15)23/h5-8,10-11,22-23H,3-4,9,12-13H2,1-2H3,(H,24,25). The van der Waals surface area contributed by atoms with E-state index in [0.29, 0.717) is 36.4 Å². The summed E-state index contributed by atoms with van der Waals surface area (Å²) in [6.07, 6.45) is 1.21. The fourth-order valence-corrected chi connectivity index (χ4v) is 2.84. The average Bonchev–Trinajstić information content (AvgIpc) is 2.64. The molecule has 0 fully saturated rings. The van der Waals surface area contributed by atoms with Crippen molar-refractivity contribution in [2.24, 2.45) is 0 Å². The van der Waals surface area contributed by atoms with Crippen LogP contribution < -0.4 is 9.47 Å². The topological polar surface area (TPSA) is 99.5 Å². The molecule has 27 heavy (non-hydrogen) atoms. The first kappa shape index (κ1) is 20.4. The highest BCUT2D eigenvalue weighted by Gasteiger charge is 2.14. The number of rotatable bonds is 10. The molecule has 0 unspecified atom stereocenters. The number of benzene rings is 2. The zero-order valence-corrected chi connectivity index (χ0v) is 15.5. The zero-order valence-electron chi connectivity index (χ0n) is 15.5. The molecule has 0 heterocycles. The Hall–Kier alpha value is -2.93. The fraction of sp³-hybridized carbons (Fsp3) is 0.350. The first-order valence-corrected chi connectivity index (χ1v) is 8.59. The second-order valence-corrected chi connectivity index (χ2v) is 6.20. The van der Waals surface area contributed by atoms with Crippen LogP contribution in [0.5, 0.6) is 23.0 Å². The molecule has 0 aliphatic heterocycles. The van der Waals surface area contributed by atoms with Crippen molar-refractivity contribution in [2.45, 2.75) is 19.4 Å². The van der Waals surface area contributed by atoms with Crippen molar-refractivity contribution in [3.63, 3.8) is 0 Å². The molecule has 2 aromatic carbocycles. The van der Waals surface area contributed by atoms with E-state index in [4.69, 9.17) is 9.47 Å². The van der Waals surface area contributed by atoms with Crippen LogP contribution in [0, 0.1) is 0 Å². The number of aromatic hydroxyl groups is 2. The van der Waals surface area contributed by atoms with Crippen molar-refractivity contribution in [1.82, 2.24) is 4.90 Å². The molecule has 0 atom stereocenters. The summed E-state index contributed by atoms with van der Waals surface area (Å²) in [5.41, 5.74) is 1.34. The molecule has 0 saturated carbocycles. The molecule has 0 radical (unpaired) electrons. The minimum absolute atomic E-state index is 0.0941. The molecule has 7 nitrogen and oxygen atoms in total. The van der Waals surface area contributed by atoms with Gasteiger partial charge in [-0.3, -0.25) is 9.69 Å². The lowest BCUT2D eigenvalue weighted by Crippen LogP contribution is -2.30. The van der Waals surface area contributed by atoms with Crippen molar-refractivity contribution in [1.29, 1.82) is 0 Å². The molecule has 0 aliphatic carbocycles. The van der Waals surface area contributed by atoms with E-state index in [-0.39, 0.29) is 24.6 Å². The van der Waals surface area contributed by atoms with E-state index < -0.39 is 5.97 Å². The van der Waals surface area contributed by atoms with Crippen LogP contribution in [0.3, 0.4) is 0 Å². The number of aliphatic carboxylic acids is 1. The van der Waals surface area contributed by atoms with E-state index in [0.717, 1.165) is 5.56 Å². The van der Waals surface area contributed by atoms with Gasteiger partial charge in [0, 0.05) is 12.1 Å². The summed E-state index contributed by atoms with van der Waals surface area (Å²) in [6, 6.07) is 9.90. The lowest BCUT2D eigenvalue weighted by atomic mass is 10.1. The summed E-state index contributed by atoms with van der Waals surface area (Å²) in [5.74, 6) is 0.593. The van der Waals surface area contributed by atoms with Crippen molar-refractivity contribution in [3.05, 3.63) is 47.5 Å². The Morgan fingerprint density at radius 2 is 1.52 bits per heavy atom. The number of carboxylic acid groups (broad SMARTS) is 1. The molecule has 0 spiro atoms. The third-order valence-electron chi connectivity index (χ3n) is 4.25. The number of carbonyl (C=O) groups is 1. The minimum atomic E-state index is -0.943. The zero-order chi connectivity index (χ0) is 19.8. The molecule has 0 aliphatic rings. The first-order valence-electron chi connectivity index (χ1n) is 8.59. The van der Waals surface area contributed by atoms with Crippen LogP contribution in [0.1, 0.15) is 17.5 Å². The molecule has 0 aromatic heterocycles. The monoisotopic (exact) mass is 375 g/mol. The van der Waals surface area contributed by atoms with Gasteiger partial charge in [0.1, 0.15) is 23.0 Å². The summed E-state index contributed by atoms with van der Waals surface area (Å²) in [6.45, 7) is 0.611. The van der Waals surface area contributed by atoms with Gasteiger partial charge >= 0.3 is 5.97 Å². The number of methoxy groups -OCH3 is 2. The summed E-state index contributed by atoms with van der Waals surface area (Å²) in [7, 11) is 3.09. The van der Waals surface area contributed by atoms with E-state index >= 15 is 0 Å². The highest BCUT2D eigenvalue weighted by Crippen LogP contribution is 2.26. The van der Waals surface area contributed by atoms with Crippen LogP contribution in [-0.2, 0) is 17.8 Å². The van der Waals surface area contributed by atoms with E-state index in [1.807, 2.05) is 0 Å². The van der Waals surface area contributed by atoms with Gasteiger partial charge in [0.05, 0.1) is 20.8 Å². The minimum Gasteiger partial charge on any atom is -0.508 e. The van der Waals surface area contributed by atoms with Crippen molar-refractivity contribution < 1.29 is 29.6 Å². The number of hydrogen-bond donors (Lipinski definition) is 3. The molecule has 146 valence electrons. The molecule has 3 N–H and O–H groups in total. The highest BCUT2D eigenvalue weighted by molar-refractivity contribution is 5.69. The SMILES string of the molecule is COc1ccc(O)c(CCCN(CC(=O)O)Cc2cc(OC)ccc2O)c1. The van der Waals surface area contributed by atoms with Crippen molar-refractivity contribution >= 4 is 5.97 Å². The average molecular weight is 375 g/mol.